The van der Waals surface area contributed by atoms with Crippen molar-refractivity contribution in [2.45, 2.75) is 44.6 Å². The Morgan fingerprint density at radius 2 is 1.95 bits per heavy atom. The molecule has 1 aromatic carbocycles. The molecule has 0 bridgehead atoms. The summed E-state index contributed by atoms with van der Waals surface area (Å²) in [6, 6.07) is 6.04. The third-order valence-electron chi connectivity index (χ3n) is 4.00. The van der Waals surface area contributed by atoms with Gasteiger partial charge in [-0.1, -0.05) is 12.1 Å². The molecule has 0 saturated heterocycles. The number of benzene rings is 1. The smallest absolute Gasteiger partial charge is 0.321 e. The van der Waals surface area contributed by atoms with Crippen molar-refractivity contribution < 1.29 is 9.59 Å². The van der Waals surface area contributed by atoms with Crippen LogP contribution in [0.25, 0.3) is 0 Å². The summed E-state index contributed by atoms with van der Waals surface area (Å²) in [6.45, 7) is 0.120. The molecule has 3 rings (SSSR count). The molecular formula is C16H21N3O2. The molecule has 0 spiro atoms. The van der Waals surface area contributed by atoms with E-state index in [9.17, 15) is 9.59 Å². The number of imide groups is 1. The van der Waals surface area contributed by atoms with Gasteiger partial charge in [0.2, 0.25) is 5.91 Å². The Kier molecular flexibility index (Phi) is 4.08. The van der Waals surface area contributed by atoms with Crippen LogP contribution in [0.15, 0.2) is 18.2 Å². The lowest BCUT2D eigenvalue weighted by Crippen LogP contribution is -2.42. The van der Waals surface area contributed by atoms with Crippen LogP contribution >= 0.6 is 0 Å². The molecule has 5 heteroatoms. The normalized spacial score (nSPS) is 16.8. The van der Waals surface area contributed by atoms with Crippen LogP contribution in [0, 0.1) is 0 Å². The van der Waals surface area contributed by atoms with E-state index in [1.807, 2.05) is 12.1 Å². The fourth-order valence-electron chi connectivity index (χ4n) is 2.74. The van der Waals surface area contributed by atoms with Gasteiger partial charge in [-0.3, -0.25) is 10.1 Å². The fourth-order valence-corrected chi connectivity index (χ4v) is 2.74. The molecule has 0 aliphatic heterocycles. The summed E-state index contributed by atoms with van der Waals surface area (Å²) < 4.78 is 0. The standard InChI is InChI=1S/C16H21N3O2/c20-15(19-16(21)18-12-8-9-12)10-17-14-7-3-5-11-4-1-2-6-13(11)14/h3,5,7,12,17H,1-2,4,6,8-10H2,(H2,18,19,20,21). The highest BCUT2D eigenvalue weighted by Crippen LogP contribution is 2.27. The van der Waals surface area contributed by atoms with Gasteiger partial charge in [0.15, 0.2) is 0 Å². The summed E-state index contributed by atoms with van der Waals surface area (Å²) in [5.41, 5.74) is 3.71. The molecule has 3 N–H and O–H groups in total. The number of carbonyl (C=O) groups excluding carboxylic acids is 2. The van der Waals surface area contributed by atoms with Gasteiger partial charge in [0.1, 0.15) is 0 Å². The third-order valence-corrected chi connectivity index (χ3v) is 4.00. The summed E-state index contributed by atoms with van der Waals surface area (Å²) in [5, 5.41) is 8.24. The molecule has 3 amide bonds. The van der Waals surface area contributed by atoms with E-state index < -0.39 is 0 Å². The maximum atomic E-state index is 11.8. The SMILES string of the molecule is O=C(CNc1cccc2c1CCCC2)NC(=O)NC1CC1. The molecule has 0 unspecified atom stereocenters. The van der Waals surface area contributed by atoms with E-state index in [2.05, 4.69) is 22.0 Å². The highest BCUT2D eigenvalue weighted by atomic mass is 16.2. The first kappa shape index (κ1) is 13.9. The molecule has 0 aromatic heterocycles. The molecule has 5 nitrogen and oxygen atoms in total. The molecule has 1 fully saturated rings. The Hall–Kier alpha value is -2.04. The molecule has 2 aliphatic rings. The quantitative estimate of drug-likeness (QED) is 0.793. The predicted molar refractivity (Wildman–Crippen MR) is 81.3 cm³/mol. The minimum Gasteiger partial charge on any atom is -0.376 e. The monoisotopic (exact) mass is 287 g/mol. The highest BCUT2D eigenvalue weighted by molar-refractivity contribution is 5.96. The van der Waals surface area contributed by atoms with Crippen LogP contribution in [-0.4, -0.2) is 24.5 Å². The first-order valence-electron chi connectivity index (χ1n) is 7.67. The van der Waals surface area contributed by atoms with E-state index >= 15 is 0 Å². The van der Waals surface area contributed by atoms with Crippen molar-refractivity contribution in [1.82, 2.24) is 10.6 Å². The zero-order chi connectivity index (χ0) is 14.7. The Labute approximate surface area is 124 Å². The zero-order valence-electron chi connectivity index (χ0n) is 12.1. The van der Waals surface area contributed by atoms with E-state index in [1.165, 1.54) is 24.0 Å². The molecule has 0 atom stereocenters. The van der Waals surface area contributed by atoms with Crippen LogP contribution in [0.3, 0.4) is 0 Å². The average Bonchev–Trinajstić information content (AvgIpc) is 3.28. The van der Waals surface area contributed by atoms with Crippen molar-refractivity contribution in [1.29, 1.82) is 0 Å². The van der Waals surface area contributed by atoms with E-state index in [4.69, 9.17) is 0 Å². The minimum absolute atomic E-state index is 0.120. The largest absolute Gasteiger partial charge is 0.376 e. The van der Waals surface area contributed by atoms with Crippen LogP contribution in [-0.2, 0) is 17.6 Å². The van der Waals surface area contributed by atoms with E-state index in [0.29, 0.717) is 0 Å². The minimum atomic E-state index is -0.389. The zero-order valence-corrected chi connectivity index (χ0v) is 12.1. The average molecular weight is 287 g/mol. The Balaban J connectivity index is 1.52. The maximum Gasteiger partial charge on any atom is 0.321 e. The fraction of sp³-hybridized carbons (Fsp3) is 0.500. The molecule has 112 valence electrons. The Morgan fingerprint density at radius 1 is 1.14 bits per heavy atom. The molecule has 21 heavy (non-hydrogen) atoms. The van der Waals surface area contributed by atoms with Crippen molar-refractivity contribution >= 4 is 17.6 Å². The van der Waals surface area contributed by atoms with Gasteiger partial charge in [-0.05, 0) is 55.7 Å². The number of rotatable bonds is 4. The van der Waals surface area contributed by atoms with Crippen molar-refractivity contribution in [3.8, 4) is 0 Å². The van der Waals surface area contributed by atoms with Gasteiger partial charge in [0.05, 0.1) is 6.54 Å². The van der Waals surface area contributed by atoms with E-state index in [0.717, 1.165) is 31.4 Å². The first-order chi connectivity index (χ1) is 10.2. The van der Waals surface area contributed by atoms with Crippen molar-refractivity contribution in [2.75, 3.05) is 11.9 Å². The van der Waals surface area contributed by atoms with Crippen molar-refractivity contribution in [3.63, 3.8) is 0 Å². The number of hydrogen-bond acceptors (Lipinski definition) is 3. The number of fused-ring (bicyclic) bond motifs is 1. The van der Waals surface area contributed by atoms with Gasteiger partial charge in [-0.2, -0.15) is 0 Å². The summed E-state index contributed by atoms with van der Waals surface area (Å²) in [4.78, 5) is 23.2. The van der Waals surface area contributed by atoms with E-state index in [1.54, 1.807) is 0 Å². The molecule has 1 aromatic rings. The van der Waals surface area contributed by atoms with Crippen molar-refractivity contribution in [2.24, 2.45) is 0 Å². The predicted octanol–water partition coefficient (Wildman–Crippen LogP) is 1.97. The second-order valence-electron chi connectivity index (χ2n) is 5.80. The number of nitrogens with one attached hydrogen (secondary N) is 3. The van der Waals surface area contributed by atoms with Crippen molar-refractivity contribution in [3.05, 3.63) is 29.3 Å². The lowest BCUT2D eigenvalue weighted by Gasteiger charge is -2.20. The van der Waals surface area contributed by atoms with Crippen LogP contribution in [0.5, 0.6) is 0 Å². The molecule has 0 heterocycles. The van der Waals surface area contributed by atoms with Crippen LogP contribution in [0.4, 0.5) is 10.5 Å². The number of aryl methyl sites for hydroxylation is 1. The summed E-state index contributed by atoms with van der Waals surface area (Å²) in [5.74, 6) is -0.304. The Morgan fingerprint density at radius 3 is 2.76 bits per heavy atom. The first-order valence-corrected chi connectivity index (χ1v) is 7.67. The van der Waals surface area contributed by atoms with Crippen LogP contribution in [0.1, 0.15) is 36.8 Å². The number of hydrogen-bond donors (Lipinski definition) is 3. The summed E-state index contributed by atoms with van der Waals surface area (Å²) in [7, 11) is 0. The van der Waals surface area contributed by atoms with Gasteiger partial charge in [-0.15, -0.1) is 0 Å². The van der Waals surface area contributed by atoms with Gasteiger partial charge in [-0.25, -0.2) is 4.79 Å². The van der Waals surface area contributed by atoms with E-state index in [-0.39, 0.29) is 24.5 Å². The van der Waals surface area contributed by atoms with Crippen LogP contribution in [0.2, 0.25) is 0 Å². The summed E-state index contributed by atoms with van der Waals surface area (Å²) in [6.07, 6.45) is 6.62. The second kappa shape index (κ2) is 6.16. The number of urea groups is 1. The number of carbonyl (C=O) groups is 2. The topological polar surface area (TPSA) is 70.2 Å². The number of amides is 3. The Bertz CT molecular complexity index is 552. The lowest BCUT2D eigenvalue weighted by atomic mass is 9.90. The van der Waals surface area contributed by atoms with Gasteiger partial charge in [0.25, 0.3) is 0 Å². The number of anilines is 1. The third kappa shape index (κ3) is 3.74. The van der Waals surface area contributed by atoms with Gasteiger partial charge in [0, 0.05) is 11.7 Å². The maximum absolute atomic E-state index is 11.8. The second-order valence-corrected chi connectivity index (χ2v) is 5.80. The molecule has 1 saturated carbocycles. The lowest BCUT2D eigenvalue weighted by molar-refractivity contribution is -0.118. The highest BCUT2D eigenvalue weighted by Gasteiger charge is 2.23. The van der Waals surface area contributed by atoms with Gasteiger partial charge >= 0.3 is 6.03 Å². The molecule has 0 radical (unpaired) electrons. The molecule has 2 aliphatic carbocycles. The summed E-state index contributed by atoms with van der Waals surface area (Å²) >= 11 is 0. The molecular weight excluding hydrogens is 266 g/mol. The van der Waals surface area contributed by atoms with Gasteiger partial charge < -0.3 is 10.6 Å². The van der Waals surface area contributed by atoms with Crippen LogP contribution < -0.4 is 16.0 Å².